The minimum atomic E-state index is -1.36. The molecule has 0 aliphatic carbocycles. The summed E-state index contributed by atoms with van der Waals surface area (Å²) in [6.45, 7) is -0.433. The lowest BCUT2D eigenvalue weighted by Crippen LogP contribution is -2.59. The van der Waals surface area contributed by atoms with Gasteiger partial charge in [-0.1, -0.05) is 0 Å². The monoisotopic (exact) mass is 256 g/mol. The van der Waals surface area contributed by atoms with Crippen LogP contribution in [0.1, 0.15) is 5.82 Å². The quantitative estimate of drug-likeness (QED) is 0.488. The predicted octanol–water partition coefficient (Wildman–Crippen LogP) is -2.14. The molecule has 0 spiro atoms. The van der Waals surface area contributed by atoms with Crippen LogP contribution in [-0.4, -0.2) is 67.5 Å². The summed E-state index contributed by atoms with van der Waals surface area (Å²) in [5, 5.41) is 38.1. The maximum absolute atomic E-state index is 9.81. The Morgan fingerprint density at radius 1 is 1.00 bits per heavy atom. The van der Waals surface area contributed by atoms with Crippen LogP contribution in [0, 0.1) is 0 Å². The van der Waals surface area contributed by atoms with Crippen LogP contribution in [0.25, 0.3) is 0 Å². The molecular weight excluding hydrogens is 240 g/mol. The molecule has 18 heavy (non-hydrogen) atoms. The van der Waals surface area contributed by atoms with E-state index in [1.165, 1.54) is 0 Å². The first kappa shape index (κ1) is 13.3. The molecule has 100 valence electrons. The first-order valence-electron chi connectivity index (χ1n) is 5.70. The Labute approximate surface area is 104 Å². The summed E-state index contributed by atoms with van der Waals surface area (Å²) in [5.41, 5.74) is 0. The molecule has 0 aromatic carbocycles. The van der Waals surface area contributed by atoms with E-state index in [0.717, 1.165) is 0 Å². The summed E-state index contributed by atoms with van der Waals surface area (Å²) in [4.78, 5) is 7.99. The number of ether oxygens (including phenoxy) is 1. The molecule has 2 heterocycles. The minimum absolute atomic E-state index is 0.197. The van der Waals surface area contributed by atoms with Gasteiger partial charge in [0.05, 0.1) is 12.7 Å². The summed E-state index contributed by atoms with van der Waals surface area (Å²) < 4.78 is 5.34. The summed E-state index contributed by atoms with van der Waals surface area (Å²) in [6.07, 6.45) is -2.27. The highest BCUT2D eigenvalue weighted by Crippen LogP contribution is 2.22. The van der Waals surface area contributed by atoms with Crippen LogP contribution in [0.5, 0.6) is 0 Å². The number of aliphatic hydroxyl groups is 4. The SMILES string of the molecule is OC[C@H]1O[C@@H](Cc2ncccn2)[C@H](O)[C@@H](O)[C@@H]1O. The molecule has 4 N–H and O–H groups in total. The van der Waals surface area contributed by atoms with Crippen LogP contribution in [0.3, 0.4) is 0 Å². The van der Waals surface area contributed by atoms with Crippen molar-refractivity contribution in [3.63, 3.8) is 0 Å². The van der Waals surface area contributed by atoms with Crippen molar-refractivity contribution in [2.75, 3.05) is 6.61 Å². The predicted molar refractivity (Wildman–Crippen MR) is 59.5 cm³/mol. The van der Waals surface area contributed by atoms with E-state index in [-0.39, 0.29) is 6.42 Å². The van der Waals surface area contributed by atoms with Gasteiger partial charge in [-0.2, -0.15) is 0 Å². The Bertz CT molecular complexity index is 375. The topological polar surface area (TPSA) is 116 Å². The molecular formula is C11H16N2O5. The second-order valence-corrected chi connectivity index (χ2v) is 4.24. The first-order chi connectivity index (χ1) is 8.63. The van der Waals surface area contributed by atoms with E-state index in [9.17, 15) is 15.3 Å². The fourth-order valence-electron chi connectivity index (χ4n) is 1.96. The van der Waals surface area contributed by atoms with E-state index in [2.05, 4.69) is 9.97 Å². The Kier molecular flexibility index (Phi) is 4.20. The minimum Gasteiger partial charge on any atom is -0.394 e. The molecule has 0 radical (unpaired) electrons. The van der Waals surface area contributed by atoms with Crippen molar-refractivity contribution >= 4 is 0 Å². The number of aromatic nitrogens is 2. The fraction of sp³-hybridized carbons (Fsp3) is 0.636. The molecule has 0 bridgehead atoms. The second-order valence-electron chi connectivity index (χ2n) is 4.24. The highest BCUT2D eigenvalue weighted by Gasteiger charge is 2.43. The van der Waals surface area contributed by atoms with Gasteiger partial charge in [-0.3, -0.25) is 0 Å². The van der Waals surface area contributed by atoms with Gasteiger partial charge in [-0.05, 0) is 6.07 Å². The van der Waals surface area contributed by atoms with Gasteiger partial charge in [0.2, 0.25) is 0 Å². The summed E-state index contributed by atoms with van der Waals surface area (Å²) >= 11 is 0. The lowest BCUT2D eigenvalue weighted by atomic mass is 9.93. The lowest BCUT2D eigenvalue weighted by Gasteiger charge is -2.39. The zero-order valence-corrected chi connectivity index (χ0v) is 9.62. The van der Waals surface area contributed by atoms with Crippen molar-refractivity contribution in [2.45, 2.75) is 36.9 Å². The van der Waals surface area contributed by atoms with Crippen LogP contribution in [0.15, 0.2) is 18.5 Å². The summed E-state index contributed by atoms with van der Waals surface area (Å²) in [6, 6.07) is 1.66. The van der Waals surface area contributed by atoms with E-state index in [1.54, 1.807) is 18.5 Å². The Morgan fingerprint density at radius 3 is 2.22 bits per heavy atom. The summed E-state index contributed by atoms with van der Waals surface area (Å²) in [7, 11) is 0. The standard InChI is InChI=1S/C11H16N2O5/c14-5-7-10(16)11(17)9(15)6(18-7)4-8-12-2-1-3-13-8/h1-3,6-7,9-11,14-17H,4-5H2/t6-,7+,9-,10+,11+/m0/s1. The molecule has 1 saturated heterocycles. The third-order valence-electron chi connectivity index (χ3n) is 2.99. The van der Waals surface area contributed by atoms with Crippen molar-refractivity contribution in [2.24, 2.45) is 0 Å². The molecule has 1 aliphatic rings. The third-order valence-corrected chi connectivity index (χ3v) is 2.99. The largest absolute Gasteiger partial charge is 0.394 e. The van der Waals surface area contributed by atoms with Gasteiger partial charge in [-0.15, -0.1) is 0 Å². The van der Waals surface area contributed by atoms with E-state index in [0.29, 0.717) is 5.82 Å². The van der Waals surface area contributed by atoms with Gasteiger partial charge in [-0.25, -0.2) is 9.97 Å². The van der Waals surface area contributed by atoms with Crippen LogP contribution >= 0.6 is 0 Å². The van der Waals surface area contributed by atoms with E-state index in [1.807, 2.05) is 0 Å². The van der Waals surface area contributed by atoms with Crippen LogP contribution in [0.4, 0.5) is 0 Å². The van der Waals surface area contributed by atoms with Crippen LogP contribution in [0.2, 0.25) is 0 Å². The number of hydrogen-bond acceptors (Lipinski definition) is 7. The maximum atomic E-state index is 9.81. The molecule has 0 unspecified atom stereocenters. The molecule has 0 saturated carbocycles. The first-order valence-corrected chi connectivity index (χ1v) is 5.70. The highest BCUT2D eigenvalue weighted by atomic mass is 16.5. The Morgan fingerprint density at radius 2 is 1.61 bits per heavy atom. The molecule has 1 fully saturated rings. The van der Waals surface area contributed by atoms with Gasteiger partial charge in [0, 0.05) is 18.8 Å². The van der Waals surface area contributed by atoms with E-state index in [4.69, 9.17) is 9.84 Å². The number of aliphatic hydroxyl groups excluding tert-OH is 4. The van der Waals surface area contributed by atoms with E-state index < -0.39 is 37.1 Å². The van der Waals surface area contributed by atoms with Crippen molar-refractivity contribution in [3.05, 3.63) is 24.3 Å². The van der Waals surface area contributed by atoms with Gasteiger partial charge in [0.15, 0.2) is 0 Å². The van der Waals surface area contributed by atoms with E-state index >= 15 is 0 Å². The van der Waals surface area contributed by atoms with Crippen molar-refractivity contribution in [1.29, 1.82) is 0 Å². The number of hydrogen-bond donors (Lipinski definition) is 4. The van der Waals surface area contributed by atoms with Gasteiger partial charge < -0.3 is 25.2 Å². The Balaban J connectivity index is 2.08. The lowest BCUT2D eigenvalue weighted by molar-refractivity contribution is -0.228. The molecule has 1 aliphatic heterocycles. The van der Waals surface area contributed by atoms with Gasteiger partial charge in [0.1, 0.15) is 30.2 Å². The Hall–Kier alpha value is -1.12. The number of rotatable bonds is 3. The van der Waals surface area contributed by atoms with Gasteiger partial charge in [0.25, 0.3) is 0 Å². The second kappa shape index (κ2) is 5.68. The highest BCUT2D eigenvalue weighted by molar-refractivity contribution is 4.98. The zero-order valence-electron chi connectivity index (χ0n) is 9.62. The van der Waals surface area contributed by atoms with Gasteiger partial charge >= 0.3 is 0 Å². The normalized spacial score (nSPS) is 36.6. The average molecular weight is 256 g/mol. The number of nitrogens with zero attached hydrogens (tertiary/aromatic N) is 2. The molecule has 7 nitrogen and oxygen atoms in total. The zero-order chi connectivity index (χ0) is 13.1. The molecule has 1 aromatic heterocycles. The maximum Gasteiger partial charge on any atom is 0.130 e. The van der Waals surface area contributed by atoms with Crippen molar-refractivity contribution < 1.29 is 25.2 Å². The molecule has 0 amide bonds. The van der Waals surface area contributed by atoms with Crippen molar-refractivity contribution in [1.82, 2.24) is 9.97 Å². The van der Waals surface area contributed by atoms with Crippen LogP contribution < -0.4 is 0 Å². The van der Waals surface area contributed by atoms with Crippen molar-refractivity contribution in [3.8, 4) is 0 Å². The van der Waals surface area contributed by atoms with Crippen LogP contribution in [-0.2, 0) is 11.2 Å². The third kappa shape index (κ3) is 2.65. The molecule has 7 heteroatoms. The molecule has 5 atom stereocenters. The summed E-state index contributed by atoms with van der Waals surface area (Å²) in [5.74, 6) is 0.460. The average Bonchev–Trinajstić information content (AvgIpc) is 2.40. The fourth-order valence-corrected chi connectivity index (χ4v) is 1.96. The molecule has 1 aromatic rings. The smallest absolute Gasteiger partial charge is 0.130 e. The molecule has 2 rings (SSSR count).